The van der Waals surface area contributed by atoms with Crippen LogP contribution < -0.4 is 0 Å². The summed E-state index contributed by atoms with van der Waals surface area (Å²) in [5.41, 5.74) is -0.470. The van der Waals surface area contributed by atoms with Gasteiger partial charge in [0.15, 0.2) is 0 Å². The Morgan fingerprint density at radius 1 is 1.53 bits per heavy atom. The second kappa shape index (κ2) is 6.19. The fourth-order valence-corrected chi connectivity index (χ4v) is 3.37. The van der Waals surface area contributed by atoms with Crippen LogP contribution in [0.2, 0.25) is 0 Å². The lowest BCUT2D eigenvalue weighted by molar-refractivity contribution is 0.0329. The van der Waals surface area contributed by atoms with E-state index in [-0.39, 0.29) is 9.37 Å². The third kappa shape index (κ3) is 4.15. The molecule has 0 saturated heterocycles. The van der Waals surface area contributed by atoms with E-state index in [2.05, 4.69) is 15.9 Å². The van der Waals surface area contributed by atoms with E-state index in [1.807, 2.05) is 0 Å². The minimum absolute atomic E-state index is 0.0555. The average Bonchev–Trinajstić information content (AvgIpc) is 2.26. The van der Waals surface area contributed by atoms with Crippen molar-refractivity contribution in [3.63, 3.8) is 0 Å². The van der Waals surface area contributed by atoms with Gasteiger partial charge >= 0.3 is 5.97 Å². The van der Waals surface area contributed by atoms with Crippen LogP contribution in [-0.2, 0) is 13.8 Å². The summed E-state index contributed by atoms with van der Waals surface area (Å²) in [6, 6.07) is 1.72. The molecule has 1 unspecified atom stereocenters. The normalized spacial score (nSPS) is 13.1. The summed E-state index contributed by atoms with van der Waals surface area (Å²) >= 11 is 2.87. The molecule has 4 nitrogen and oxygen atoms in total. The van der Waals surface area contributed by atoms with Crippen LogP contribution in [0.4, 0.5) is 4.39 Å². The number of esters is 1. The standard InChI is InChI=1S/C11H11BrClFO4S/c1-3-6(2)18-11(15)7-4-10(19(13,16)17)8(12)5-9(7)14/h4-6H,3H2,1-2H3. The number of ether oxygens (including phenoxy) is 1. The molecule has 0 aliphatic heterocycles. The topological polar surface area (TPSA) is 60.4 Å². The fourth-order valence-electron chi connectivity index (χ4n) is 1.20. The molecule has 1 aromatic carbocycles. The number of halogens is 3. The molecular weight excluding hydrogens is 363 g/mol. The molecule has 0 saturated carbocycles. The van der Waals surface area contributed by atoms with Gasteiger partial charge in [0.05, 0.1) is 16.6 Å². The Morgan fingerprint density at radius 3 is 2.58 bits per heavy atom. The lowest BCUT2D eigenvalue weighted by atomic mass is 10.2. The van der Waals surface area contributed by atoms with Crippen molar-refractivity contribution in [1.82, 2.24) is 0 Å². The zero-order chi connectivity index (χ0) is 14.8. The summed E-state index contributed by atoms with van der Waals surface area (Å²) in [4.78, 5) is 11.3. The van der Waals surface area contributed by atoms with Gasteiger partial charge in [-0.15, -0.1) is 0 Å². The number of carbonyl (C=O) groups is 1. The van der Waals surface area contributed by atoms with Crippen LogP contribution in [0, 0.1) is 5.82 Å². The van der Waals surface area contributed by atoms with E-state index in [1.165, 1.54) is 0 Å². The Bertz CT molecular complexity index is 603. The highest BCUT2D eigenvalue weighted by atomic mass is 79.9. The molecule has 1 rings (SSSR count). The van der Waals surface area contributed by atoms with Gasteiger partial charge in [0.25, 0.3) is 9.05 Å². The Morgan fingerprint density at radius 2 is 2.11 bits per heavy atom. The molecule has 0 aromatic heterocycles. The van der Waals surface area contributed by atoms with Crippen molar-refractivity contribution in [1.29, 1.82) is 0 Å². The molecule has 0 aliphatic rings. The third-order valence-corrected chi connectivity index (χ3v) is 4.67. The van der Waals surface area contributed by atoms with E-state index in [0.717, 1.165) is 12.1 Å². The molecule has 1 aromatic rings. The molecule has 0 radical (unpaired) electrons. The maximum absolute atomic E-state index is 13.7. The predicted molar refractivity (Wildman–Crippen MR) is 72.3 cm³/mol. The van der Waals surface area contributed by atoms with Crippen molar-refractivity contribution in [2.75, 3.05) is 0 Å². The Kier molecular flexibility index (Phi) is 5.34. The molecule has 0 N–H and O–H groups in total. The monoisotopic (exact) mass is 372 g/mol. The summed E-state index contributed by atoms with van der Waals surface area (Å²) in [7, 11) is 1.10. The highest BCUT2D eigenvalue weighted by molar-refractivity contribution is 9.10. The molecule has 0 bridgehead atoms. The Hall–Kier alpha value is -0.660. The molecular formula is C11H11BrClFO4S. The molecule has 0 heterocycles. The maximum Gasteiger partial charge on any atom is 0.341 e. The first-order valence-corrected chi connectivity index (χ1v) is 8.41. The summed E-state index contributed by atoms with van der Waals surface area (Å²) in [6.45, 7) is 3.44. The van der Waals surface area contributed by atoms with Gasteiger partial charge < -0.3 is 4.74 Å². The molecule has 0 fully saturated rings. The van der Waals surface area contributed by atoms with Crippen LogP contribution in [-0.4, -0.2) is 20.5 Å². The van der Waals surface area contributed by atoms with E-state index in [1.54, 1.807) is 13.8 Å². The van der Waals surface area contributed by atoms with Gasteiger partial charge in [-0.3, -0.25) is 0 Å². The van der Waals surface area contributed by atoms with Crippen LogP contribution in [0.25, 0.3) is 0 Å². The van der Waals surface area contributed by atoms with Gasteiger partial charge in [0.1, 0.15) is 5.82 Å². The largest absolute Gasteiger partial charge is 0.459 e. The smallest absolute Gasteiger partial charge is 0.341 e. The van der Waals surface area contributed by atoms with Crippen molar-refractivity contribution >= 4 is 41.6 Å². The van der Waals surface area contributed by atoms with Crippen molar-refractivity contribution in [3.05, 3.63) is 28.0 Å². The molecule has 1 atom stereocenters. The SMILES string of the molecule is CCC(C)OC(=O)c1cc(S(=O)(=O)Cl)c(Br)cc1F. The first-order valence-electron chi connectivity index (χ1n) is 5.31. The molecule has 19 heavy (non-hydrogen) atoms. The summed E-state index contributed by atoms with van der Waals surface area (Å²) < 4.78 is 41.1. The van der Waals surface area contributed by atoms with E-state index in [9.17, 15) is 17.6 Å². The summed E-state index contributed by atoms with van der Waals surface area (Å²) in [5, 5.41) is 0. The van der Waals surface area contributed by atoms with E-state index < -0.39 is 32.5 Å². The minimum atomic E-state index is -4.09. The Balaban J connectivity index is 3.26. The Labute approximate surface area is 123 Å². The lowest BCUT2D eigenvalue weighted by Crippen LogP contribution is -2.16. The van der Waals surface area contributed by atoms with E-state index in [4.69, 9.17) is 15.4 Å². The highest BCUT2D eigenvalue weighted by Gasteiger charge is 2.23. The number of carbonyl (C=O) groups excluding carboxylic acids is 1. The van der Waals surface area contributed by atoms with Crippen LogP contribution in [0.3, 0.4) is 0 Å². The second-order valence-electron chi connectivity index (χ2n) is 3.82. The summed E-state index contributed by atoms with van der Waals surface area (Å²) in [6.07, 6.45) is 0.163. The molecule has 0 aliphatic carbocycles. The van der Waals surface area contributed by atoms with E-state index >= 15 is 0 Å². The van der Waals surface area contributed by atoms with Gasteiger partial charge in [-0.1, -0.05) is 6.92 Å². The van der Waals surface area contributed by atoms with Gasteiger partial charge in [-0.05, 0) is 41.4 Å². The van der Waals surface area contributed by atoms with Crippen molar-refractivity contribution in [2.45, 2.75) is 31.3 Å². The van der Waals surface area contributed by atoms with Crippen molar-refractivity contribution in [2.24, 2.45) is 0 Å². The highest BCUT2D eigenvalue weighted by Crippen LogP contribution is 2.28. The number of hydrogen-bond acceptors (Lipinski definition) is 4. The first kappa shape index (κ1) is 16.4. The second-order valence-corrected chi connectivity index (χ2v) is 7.21. The van der Waals surface area contributed by atoms with E-state index in [0.29, 0.717) is 6.42 Å². The zero-order valence-corrected chi connectivity index (χ0v) is 13.3. The fraction of sp³-hybridized carbons (Fsp3) is 0.364. The number of rotatable bonds is 4. The quantitative estimate of drug-likeness (QED) is 0.599. The maximum atomic E-state index is 13.7. The van der Waals surface area contributed by atoms with Crippen molar-refractivity contribution < 1.29 is 22.3 Å². The van der Waals surface area contributed by atoms with Crippen LogP contribution in [0.15, 0.2) is 21.5 Å². The third-order valence-electron chi connectivity index (χ3n) is 2.39. The van der Waals surface area contributed by atoms with Crippen LogP contribution >= 0.6 is 26.6 Å². The molecule has 0 spiro atoms. The van der Waals surface area contributed by atoms with Crippen LogP contribution in [0.1, 0.15) is 30.6 Å². The minimum Gasteiger partial charge on any atom is -0.459 e. The average molecular weight is 374 g/mol. The molecule has 106 valence electrons. The molecule has 0 amide bonds. The van der Waals surface area contributed by atoms with Gasteiger partial charge in [-0.2, -0.15) is 0 Å². The van der Waals surface area contributed by atoms with Crippen LogP contribution in [0.5, 0.6) is 0 Å². The van der Waals surface area contributed by atoms with Crippen molar-refractivity contribution in [3.8, 4) is 0 Å². The lowest BCUT2D eigenvalue weighted by Gasteiger charge is -2.12. The zero-order valence-electron chi connectivity index (χ0n) is 10.1. The molecule has 8 heteroatoms. The van der Waals surface area contributed by atoms with Gasteiger partial charge in [0, 0.05) is 15.2 Å². The van der Waals surface area contributed by atoms with Gasteiger partial charge in [0.2, 0.25) is 0 Å². The first-order chi connectivity index (χ1) is 8.66. The van der Waals surface area contributed by atoms with Gasteiger partial charge in [-0.25, -0.2) is 17.6 Å². The summed E-state index contributed by atoms with van der Waals surface area (Å²) in [5.74, 6) is -1.81. The predicted octanol–water partition coefficient (Wildman–Crippen LogP) is 3.47. The number of hydrogen-bond donors (Lipinski definition) is 0. The number of benzene rings is 1.